The highest BCUT2D eigenvalue weighted by Gasteiger charge is 2.25. The van der Waals surface area contributed by atoms with Crippen molar-refractivity contribution in [3.05, 3.63) is 0 Å². The van der Waals surface area contributed by atoms with Gasteiger partial charge in [0.05, 0.1) is 0 Å². The maximum Gasteiger partial charge on any atom is 0.315 e. The summed E-state index contributed by atoms with van der Waals surface area (Å²) in [6.07, 6.45) is 4.11. The van der Waals surface area contributed by atoms with E-state index in [1.165, 1.54) is 12.8 Å². The number of amides is 2. The van der Waals surface area contributed by atoms with Crippen LogP contribution in [0.3, 0.4) is 0 Å². The molecule has 4 heteroatoms. The van der Waals surface area contributed by atoms with E-state index in [-0.39, 0.29) is 18.7 Å². The molecule has 3 atom stereocenters. The molecule has 0 heterocycles. The predicted molar refractivity (Wildman–Crippen MR) is 68.8 cm³/mol. The van der Waals surface area contributed by atoms with Gasteiger partial charge in [-0.25, -0.2) is 4.79 Å². The Kier molecular flexibility index (Phi) is 5.75. The predicted octanol–water partition coefficient (Wildman–Crippen LogP) is 1.88. The second kappa shape index (κ2) is 6.84. The first kappa shape index (κ1) is 14.3. The fourth-order valence-electron chi connectivity index (χ4n) is 2.45. The van der Waals surface area contributed by atoms with Gasteiger partial charge in [-0.05, 0) is 31.1 Å². The van der Waals surface area contributed by atoms with Crippen molar-refractivity contribution in [2.45, 2.75) is 58.5 Å². The van der Waals surface area contributed by atoms with E-state index in [2.05, 4.69) is 31.4 Å². The Balaban J connectivity index is 2.36. The van der Waals surface area contributed by atoms with Crippen molar-refractivity contribution >= 4 is 6.03 Å². The molecule has 0 bridgehead atoms. The standard InChI is InChI=1S/C13H26N2O2/c1-9(2)11(7-8-16)14-13(17)15-12-6-4-5-10(12)3/h9-12,16H,4-8H2,1-3H3,(H2,14,15,17). The summed E-state index contributed by atoms with van der Waals surface area (Å²) in [5.74, 6) is 0.921. The minimum absolute atomic E-state index is 0.0525. The summed E-state index contributed by atoms with van der Waals surface area (Å²) < 4.78 is 0. The van der Waals surface area contributed by atoms with Crippen LogP contribution in [0.1, 0.15) is 46.5 Å². The molecule has 1 fully saturated rings. The summed E-state index contributed by atoms with van der Waals surface area (Å²) >= 11 is 0. The van der Waals surface area contributed by atoms with Crippen molar-refractivity contribution in [1.29, 1.82) is 0 Å². The van der Waals surface area contributed by atoms with Gasteiger partial charge in [-0.1, -0.05) is 27.2 Å². The lowest BCUT2D eigenvalue weighted by Crippen LogP contribution is -2.48. The van der Waals surface area contributed by atoms with Crippen LogP contribution in [-0.2, 0) is 0 Å². The van der Waals surface area contributed by atoms with Crippen LogP contribution >= 0.6 is 0 Å². The summed E-state index contributed by atoms with van der Waals surface area (Å²) in [7, 11) is 0. The van der Waals surface area contributed by atoms with E-state index in [0.29, 0.717) is 24.3 Å². The molecule has 2 amide bonds. The van der Waals surface area contributed by atoms with Gasteiger partial charge < -0.3 is 15.7 Å². The maximum absolute atomic E-state index is 11.8. The van der Waals surface area contributed by atoms with Gasteiger partial charge in [-0.3, -0.25) is 0 Å². The molecule has 0 radical (unpaired) electrons. The highest BCUT2D eigenvalue weighted by molar-refractivity contribution is 5.74. The fourth-order valence-corrected chi connectivity index (χ4v) is 2.45. The molecule has 0 aromatic heterocycles. The van der Waals surface area contributed by atoms with Gasteiger partial charge in [0.25, 0.3) is 0 Å². The van der Waals surface area contributed by atoms with E-state index in [4.69, 9.17) is 5.11 Å². The number of carbonyl (C=O) groups is 1. The third-order valence-corrected chi connectivity index (χ3v) is 3.74. The van der Waals surface area contributed by atoms with E-state index in [0.717, 1.165) is 6.42 Å². The van der Waals surface area contributed by atoms with Gasteiger partial charge in [-0.15, -0.1) is 0 Å². The second-order valence-corrected chi connectivity index (χ2v) is 5.50. The normalized spacial score (nSPS) is 25.9. The van der Waals surface area contributed by atoms with E-state index in [1.807, 2.05) is 0 Å². The lowest BCUT2D eigenvalue weighted by atomic mass is 10.0. The molecular weight excluding hydrogens is 216 g/mol. The summed E-state index contributed by atoms with van der Waals surface area (Å²) in [5.41, 5.74) is 0. The van der Waals surface area contributed by atoms with Gasteiger partial charge >= 0.3 is 6.03 Å². The zero-order valence-corrected chi connectivity index (χ0v) is 11.2. The van der Waals surface area contributed by atoms with Gasteiger partial charge in [-0.2, -0.15) is 0 Å². The average molecular weight is 242 g/mol. The van der Waals surface area contributed by atoms with Crippen LogP contribution in [-0.4, -0.2) is 29.8 Å². The van der Waals surface area contributed by atoms with Crippen molar-refractivity contribution < 1.29 is 9.90 Å². The molecule has 100 valence electrons. The van der Waals surface area contributed by atoms with Crippen molar-refractivity contribution in [3.8, 4) is 0 Å². The number of rotatable bonds is 5. The second-order valence-electron chi connectivity index (χ2n) is 5.50. The van der Waals surface area contributed by atoms with Crippen LogP contribution < -0.4 is 10.6 Å². The first-order chi connectivity index (χ1) is 8.04. The quantitative estimate of drug-likeness (QED) is 0.689. The molecule has 0 spiro atoms. The van der Waals surface area contributed by atoms with Gasteiger partial charge in [0.15, 0.2) is 0 Å². The Bertz CT molecular complexity index is 244. The van der Waals surface area contributed by atoms with Crippen molar-refractivity contribution in [1.82, 2.24) is 10.6 Å². The SMILES string of the molecule is CC(C)C(CCO)NC(=O)NC1CCCC1C. The first-order valence-corrected chi connectivity index (χ1v) is 6.72. The van der Waals surface area contributed by atoms with Crippen LogP contribution in [0.25, 0.3) is 0 Å². The summed E-state index contributed by atoms with van der Waals surface area (Å²) in [4.78, 5) is 11.8. The Morgan fingerprint density at radius 3 is 2.59 bits per heavy atom. The van der Waals surface area contributed by atoms with Crippen LogP contribution in [0.5, 0.6) is 0 Å². The van der Waals surface area contributed by atoms with E-state index < -0.39 is 0 Å². The summed E-state index contributed by atoms with van der Waals surface area (Å²) in [6.45, 7) is 6.41. The molecular formula is C13H26N2O2. The largest absolute Gasteiger partial charge is 0.396 e. The van der Waals surface area contributed by atoms with Gasteiger partial charge in [0, 0.05) is 18.7 Å². The molecule has 1 aliphatic rings. The Morgan fingerprint density at radius 1 is 1.41 bits per heavy atom. The molecule has 0 aliphatic heterocycles. The molecule has 0 aromatic rings. The lowest BCUT2D eigenvalue weighted by molar-refractivity contribution is 0.214. The molecule has 1 aliphatic carbocycles. The number of hydrogen-bond donors (Lipinski definition) is 3. The number of aliphatic hydroxyl groups excluding tert-OH is 1. The molecule has 3 unspecified atom stereocenters. The van der Waals surface area contributed by atoms with Gasteiger partial charge in [0.1, 0.15) is 0 Å². The zero-order valence-electron chi connectivity index (χ0n) is 11.2. The number of urea groups is 1. The molecule has 1 rings (SSSR count). The summed E-state index contributed by atoms with van der Waals surface area (Å²) in [5, 5.41) is 14.9. The lowest BCUT2D eigenvalue weighted by Gasteiger charge is -2.24. The maximum atomic E-state index is 11.8. The Labute approximate surface area is 104 Å². The number of nitrogens with one attached hydrogen (secondary N) is 2. The third-order valence-electron chi connectivity index (χ3n) is 3.74. The number of aliphatic hydroxyl groups is 1. The van der Waals surface area contributed by atoms with Crippen LogP contribution in [0.15, 0.2) is 0 Å². The van der Waals surface area contributed by atoms with Crippen LogP contribution in [0, 0.1) is 11.8 Å². The van der Waals surface area contributed by atoms with Gasteiger partial charge in [0.2, 0.25) is 0 Å². The Hall–Kier alpha value is -0.770. The average Bonchev–Trinajstić information content (AvgIpc) is 2.63. The highest BCUT2D eigenvalue weighted by Crippen LogP contribution is 2.24. The van der Waals surface area contributed by atoms with Crippen molar-refractivity contribution in [2.24, 2.45) is 11.8 Å². The van der Waals surface area contributed by atoms with Crippen LogP contribution in [0.4, 0.5) is 4.79 Å². The van der Waals surface area contributed by atoms with Crippen molar-refractivity contribution in [2.75, 3.05) is 6.61 Å². The minimum Gasteiger partial charge on any atom is -0.396 e. The van der Waals surface area contributed by atoms with E-state index in [1.54, 1.807) is 0 Å². The number of hydrogen-bond acceptors (Lipinski definition) is 2. The third kappa shape index (κ3) is 4.54. The molecule has 0 aromatic carbocycles. The monoisotopic (exact) mass is 242 g/mol. The van der Waals surface area contributed by atoms with E-state index in [9.17, 15) is 4.79 Å². The number of carbonyl (C=O) groups excluding carboxylic acids is 1. The minimum atomic E-state index is -0.0871. The first-order valence-electron chi connectivity index (χ1n) is 6.72. The fraction of sp³-hybridized carbons (Fsp3) is 0.923. The van der Waals surface area contributed by atoms with E-state index >= 15 is 0 Å². The molecule has 1 saturated carbocycles. The Morgan fingerprint density at radius 2 is 2.12 bits per heavy atom. The topological polar surface area (TPSA) is 61.4 Å². The zero-order chi connectivity index (χ0) is 12.8. The molecule has 3 N–H and O–H groups in total. The van der Waals surface area contributed by atoms with Crippen molar-refractivity contribution in [3.63, 3.8) is 0 Å². The smallest absolute Gasteiger partial charge is 0.315 e. The summed E-state index contributed by atoms with van der Waals surface area (Å²) in [6, 6.07) is 0.282. The highest BCUT2D eigenvalue weighted by atomic mass is 16.3. The molecule has 0 saturated heterocycles. The molecule has 4 nitrogen and oxygen atoms in total. The van der Waals surface area contributed by atoms with Crippen LogP contribution in [0.2, 0.25) is 0 Å². The molecule has 17 heavy (non-hydrogen) atoms.